The molecular weight excluding hydrogens is 170 g/mol. The number of hydrogen-bond donors (Lipinski definition) is 2. The Morgan fingerprint density at radius 1 is 1.62 bits per heavy atom. The zero-order chi connectivity index (χ0) is 9.68. The number of hydrogen-bond acceptors (Lipinski definition) is 3. The molecule has 1 rings (SSSR count). The van der Waals surface area contributed by atoms with Crippen LogP contribution in [-0.2, 0) is 9.53 Å². The molecule has 1 fully saturated rings. The predicted octanol–water partition coefficient (Wildman–Crippen LogP) is -0.0900. The molecule has 0 aromatic carbocycles. The van der Waals surface area contributed by atoms with Gasteiger partial charge in [-0.15, -0.1) is 0 Å². The van der Waals surface area contributed by atoms with Crippen LogP contribution in [0.3, 0.4) is 0 Å². The number of ether oxygens (including phenoxy) is 1. The van der Waals surface area contributed by atoms with Crippen molar-refractivity contribution < 1.29 is 14.6 Å². The Morgan fingerprint density at radius 2 is 2.23 bits per heavy atom. The first-order valence-corrected chi connectivity index (χ1v) is 4.79. The van der Waals surface area contributed by atoms with Gasteiger partial charge in [0, 0.05) is 19.8 Å². The molecule has 4 nitrogen and oxygen atoms in total. The molecule has 1 aliphatic rings. The summed E-state index contributed by atoms with van der Waals surface area (Å²) >= 11 is 0. The highest BCUT2D eigenvalue weighted by Gasteiger charge is 2.27. The molecule has 0 aliphatic carbocycles. The fourth-order valence-electron chi connectivity index (χ4n) is 1.52. The molecule has 1 saturated heterocycles. The third-order valence-electron chi connectivity index (χ3n) is 2.33. The quantitative estimate of drug-likeness (QED) is 0.649. The molecule has 0 radical (unpaired) electrons. The summed E-state index contributed by atoms with van der Waals surface area (Å²) in [4.78, 5) is 11.2. The van der Waals surface area contributed by atoms with E-state index in [1.165, 1.54) is 0 Å². The Hall–Kier alpha value is -0.610. The van der Waals surface area contributed by atoms with Crippen LogP contribution in [0.2, 0.25) is 0 Å². The first-order valence-electron chi connectivity index (χ1n) is 4.79. The number of carbonyl (C=O) groups is 1. The van der Waals surface area contributed by atoms with Crippen molar-refractivity contribution >= 4 is 5.91 Å². The zero-order valence-corrected chi connectivity index (χ0v) is 7.95. The highest BCUT2D eigenvalue weighted by molar-refractivity contribution is 5.80. The van der Waals surface area contributed by atoms with Crippen LogP contribution < -0.4 is 5.32 Å². The van der Waals surface area contributed by atoms with E-state index in [0.29, 0.717) is 19.8 Å². The van der Waals surface area contributed by atoms with Crippen LogP contribution in [0.4, 0.5) is 0 Å². The Labute approximate surface area is 78.3 Å². The van der Waals surface area contributed by atoms with Crippen LogP contribution in [-0.4, -0.2) is 36.9 Å². The third kappa shape index (κ3) is 2.97. The summed E-state index contributed by atoms with van der Waals surface area (Å²) in [5.41, 5.74) is 0. The first kappa shape index (κ1) is 10.5. The minimum absolute atomic E-state index is 0.0697. The smallest absolute Gasteiger partial charge is 0.249 e. The van der Waals surface area contributed by atoms with Gasteiger partial charge in [0.25, 0.3) is 0 Å². The van der Waals surface area contributed by atoms with Crippen molar-refractivity contribution in [1.29, 1.82) is 0 Å². The van der Waals surface area contributed by atoms with Gasteiger partial charge in [0.15, 0.2) is 0 Å². The number of aliphatic hydroxyl groups is 1. The normalized spacial score (nSPS) is 21.1. The lowest BCUT2D eigenvalue weighted by atomic mass is 9.93. The number of nitrogens with one attached hydrogen (secondary N) is 1. The van der Waals surface area contributed by atoms with Crippen LogP contribution in [0.1, 0.15) is 19.8 Å². The lowest BCUT2D eigenvalue weighted by molar-refractivity contribution is -0.133. The first-order chi connectivity index (χ1) is 6.25. The number of rotatable bonds is 3. The minimum Gasteiger partial charge on any atom is -0.383 e. The molecule has 1 atom stereocenters. The molecule has 4 heteroatoms. The van der Waals surface area contributed by atoms with Gasteiger partial charge in [0.2, 0.25) is 5.91 Å². The highest BCUT2D eigenvalue weighted by Crippen LogP contribution is 2.18. The van der Waals surface area contributed by atoms with E-state index in [-0.39, 0.29) is 11.8 Å². The summed E-state index contributed by atoms with van der Waals surface area (Å²) in [6.07, 6.45) is 0.695. The molecule has 13 heavy (non-hydrogen) atoms. The van der Waals surface area contributed by atoms with Crippen molar-refractivity contribution in [2.75, 3.05) is 19.8 Å². The van der Waals surface area contributed by atoms with Gasteiger partial charge in [0.1, 0.15) is 6.10 Å². The molecule has 0 aromatic rings. The van der Waals surface area contributed by atoms with Gasteiger partial charge >= 0.3 is 0 Å². The lowest BCUT2D eigenvalue weighted by Crippen LogP contribution is -2.41. The van der Waals surface area contributed by atoms with Crippen molar-refractivity contribution in [3.05, 3.63) is 0 Å². The summed E-state index contributed by atoms with van der Waals surface area (Å²) in [7, 11) is 0. The SMILES string of the molecule is CCNC(=O)C(O)C1CCOCC1. The Balaban J connectivity index is 2.35. The maximum atomic E-state index is 11.2. The Morgan fingerprint density at radius 3 is 2.77 bits per heavy atom. The van der Waals surface area contributed by atoms with Crippen LogP contribution >= 0.6 is 0 Å². The van der Waals surface area contributed by atoms with Crippen LogP contribution in [0.5, 0.6) is 0 Å². The molecule has 0 spiro atoms. The molecule has 1 heterocycles. The second kappa shape index (κ2) is 5.19. The number of likely N-dealkylation sites (N-methyl/N-ethyl adjacent to an activating group) is 1. The average molecular weight is 187 g/mol. The van der Waals surface area contributed by atoms with Gasteiger partial charge in [-0.3, -0.25) is 4.79 Å². The summed E-state index contributed by atoms with van der Waals surface area (Å²) in [6.45, 7) is 3.72. The summed E-state index contributed by atoms with van der Waals surface area (Å²) in [5.74, 6) is -0.185. The van der Waals surface area contributed by atoms with Crippen molar-refractivity contribution in [2.24, 2.45) is 5.92 Å². The largest absolute Gasteiger partial charge is 0.383 e. The average Bonchev–Trinajstić information content (AvgIpc) is 2.18. The number of carbonyl (C=O) groups excluding carboxylic acids is 1. The van der Waals surface area contributed by atoms with Crippen LogP contribution in [0.15, 0.2) is 0 Å². The molecule has 1 amide bonds. The molecule has 0 aromatic heterocycles. The van der Waals surface area contributed by atoms with Crippen LogP contribution in [0, 0.1) is 5.92 Å². The van der Waals surface area contributed by atoms with Gasteiger partial charge in [-0.25, -0.2) is 0 Å². The lowest BCUT2D eigenvalue weighted by Gasteiger charge is -2.25. The monoisotopic (exact) mass is 187 g/mol. The second-order valence-corrected chi connectivity index (χ2v) is 3.29. The molecule has 76 valence electrons. The number of amides is 1. The summed E-state index contributed by atoms with van der Waals surface area (Å²) < 4.78 is 5.15. The van der Waals surface area contributed by atoms with Crippen molar-refractivity contribution in [1.82, 2.24) is 5.32 Å². The molecule has 2 N–H and O–H groups in total. The summed E-state index contributed by atoms with van der Waals surface area (Å²) in [6, 6.07) is 0. The highest BCUT2D eigenvalue weighted by atomic mass is 16.5. The third-order valence-corrected chi connectivity index (χ3v) is 2.33. The molecule has 0 saturated carbocycles. The van der Waals surface area contributed by atoms with E-state index in [4.69, 9.17) is 4.74 Å². The van der Waals surface area contributed by atoms with Crippen molar-refractivity contribution in [2.45, 2.75) is 25.9 Å². The second-order valence-electron chi connectivity index (χ2n) is 3.29. The maximum absolute atomic E-state index is 11.2. The van der Waals surface area contributed by atoms with E-state index in [0.717, 1.165) is 12.8 Å². The van der Waals surface area contributed by atoms with Crippen LogP contribution in [0.25, 0.3) is 0 Å². The van der Waals surface area contributed by atoms with Crippen molar-refractivity contribution in [3.8, 4) is 0 Å². The fraction of sp³-hybridized carbons (Fsp3) is 0.889. The van der Waals surface area contributed by atoms with E-state index in [1.807, 2.05) is 6.92 Å². The van der Waals surface area contributed by atoms with E-state index >= 15 is 0 Å². The van der Waals surface area contributed by atoms with Gasteiger partial charge in [-0.1, -0.05) is 0 Å². The fourth-order valence-corrected chi connectivity index (χ4v) is 1.52. The maximum Gasteiger partial charge on any atom is 0.249 e. The van der Waals surface area contributed by atoms with Gasteiger partial charge in [-0.05, 0) is 25.7 Å². The van der Waals surface area contributed by atoms with Gasteiger partial charge in [-0.2, -0.15) is 0 Å². The van der Waals surface area contributed by atoms with E-state index < -0.39 is 6.10 Å². The molecule has 1 aliphatic heterocycles. The summed E-state index contributed by atoms with van der Waals surface area (Å²) in [5, 5.41) is 12.2. The van der Waals surface area contributed by atoms with E-state index in [2.05, 4.69) is 5.32 Å². The van der Waals surface area contributed by atoms with Crippen molar-refractivity contribution in [3.63, 3.8) is 0 Å². The van der Waals surface area contributed by atoms with Gasteiger partial charge < -0.3 is 15.2 Å². The molecule has 1 unspecified atom stereocenters. The Kier molecular flexibility index (Phi) is 4.18. The predicted molar refractivity (Wildman–Crippen MR) is 48.2 cm³/mol. The standard InChI is InChI=1S/C9H17NO3/c1-2-10-9(12)8(11)7-3-5-13-6-4-7/h7-8,11H,2-6H2,1H3,(H,10,12). The van der Waals surface area contributed by atoms with E-state index in [9.17, 15) is 9.90 Å². The number of aliphatic hydroxyl groups excluding tert-OH is 1. The zero-order valence-electron chi connectivity index (χ0n) is 7.95. The molecular formula is C9H17NO3. The molecule has 0 bridgehead atoms. The van der Waals surface area contributed by atoms with E-state index in [1.54, 1.807) is 0 Å². The van der Waals surface area contributed by atoms with Gasteiger partial charge in [0.05, 0.1) is 0 Å². The minimum atomic E-state index is -0.858. The topological polar surface area (TPSA) is 58.6 Å². The Bertz CT molecular complexity index is 166.